The van der Waals surface area contributed by atoms with E-state index in [0.717, 1.165) is 4.47 Å². The number of rotatable bonds is 3. The van der Waals surface area contributed by atoms with E-state index < -0.39 is 6.04 Å². The molecule has 1 aromatic heterocycles. The van der Waals surface area contributed by atoms with Crippen molar-refractivity contribution in [3.63, 3.8) is 0 Å². The molecule has 20 heavy (non-hydrogen) atoms. The molecule has 0 bridgehead atoms. The highest BCUT2D eigenvalue weighted by Crippen LogP contribution is 2.18. The second-order valence-corrected chi connectivity index (χ2v) is 5.55. The molecule has 2 rings (SSSR count). The van der Waals surface area contributed by atoms with Crippen molar-refractivity contribution in [1.29, 1.82) is 0 Å². The van der Waals surface area contributed by atoms with E-state index in [1.54, 1.807) is 22.6 Å². The monoisotopic (exact) mass is 343 g/mol. The van der Waals surface area contributed by atoms with Crippen LogP contribution >= 0.6 is 15.9 Å². The van der Waals surface area contributed by atoms with E-state index in [1.807, 2.05) is 13.1 Å². The Hall–Kier alpha value is -1.34. The smallest absolute Gasteiger partial charge is 0.271 e. The lowest BCUT2D eigenvalue weighted by Gasteiger charge is -2.34. The first-order chi connectivity index (χ1) is 9.54. The Labute approximate surface area is 126 Å². The molecule has 1 fully saturated rings. The highest BCUT2D eigenvalue weighted by atomic mass is 79.9. The summed E-state index contributed by atoms with van der Waals surface area (Å²) in [5.74, 6) is -0.327. The Morgan fingerprint density at radius 3 is 2.90 bits per heavy atom. The fourth-order valence-corrected chi connectivity index (χ4v) is 2.76. The van der Waals surface area contributed by atoms with Crippen molar-refractivity contribution in [1.82, 2.24) is 14.8 Å². The predicted molar refractivity (Wildman–Crippen MR) is 77.4 cm³/mol. The molecule has 0 spiro atoms. The third-order valence-electron chi connectivity index (χ3n) is 3.23. The zero-order valence-electron chi connectivity index (χ0n) is 11.6. The maximum absolute atomic E-state index is 12.6. The molecule has 1 aromatic rings. The Balaban J connectivity index is 2.21. The molecule has 0 saturated carbocycles. The number of halogens is 1. The minimum atomic E-state index is -0.565. The van der Waals surface area contributed by atoms with Crippen molar-refractivity contribution < 1.29 is 14.3 Å². The summed E-state index contributed by atoms with van der Waals surface area (Å²) in [6.07, 6.45) is 1.81. The maximum atomic E-state index is 12.6. The summed E-state index contributed by atoms with van der Waals surface area (Å²) < 4.78 is 7.92. The lowest BCUT2D eigenvalue weighted by atomic mass is 10.2. The molecule has 1 aliphatic heterocycles. The van der Waals surface area contributed by atoms with Crippen LogP contribution in [0.2, 0.25) is 0 Å². The van der Waals surface area contributed by atoms with Crippen LogP contribution in [0.25, 0.3) is 0 Å². The Morgan fingerprint density at radius 1 is 1.55 bits per heavy atom. The summed E-state index contributed by atoms with van der Waals surface area (Å²) in [5.41, 5.74) is 0.549. The van der Waals surface area contributed by atoms with Crippen LogP contribution in [0, 0.1) is 0 Å². The summed E-state index contributed by atoms with van der Waals surface area (Å²) >= 11 is 3.35. The molecule has 0 aromatic carbocycles. The van der Waals surface area contributed by atoms with Crippen LogP contribution in [-0.4, -0.2) is 53.6 Å². The summed E-state index contributed by atoms with van der Waals surface area (Å²) in [7, 11) is 1.81. The normalized spacial score (nSPS) is 18.9. The molecule has 1 unspecified atom stereocenters. The van der Waals surface area contributed by atoms with E-state index in [2.05, 4.69) is 21.2 Å². The van der Waals surface area contributed by atoms with Crippen LogP contribution in [0.15, 0.2) is 16.7 Å². The maximum Gasteiger partial charge on any atom is 0.271 e. The van der Waals surface area contributed by atoms with Crippen LogP contribution in [-0.2, 0) is 16.6 Å². The molecule has 1 aliphatic rings. The van der Waals surface area contributed by atoms with E-state index in [-0.39, 0.29) is 18.4 Å². The van der Waals surface area contributed by atoms with Crippen LogP contribution in [0.4, 0.5) is 0 Å². The molecule has 0 radical (unpaired) electrons. The Morgan fingerprint density at radius 2 is 2.30 bits per heavy atom. The molecule has 2 heterocycles. The first kappa shape index (κ1) is 15.1. The number of hydrogen-bond donors (Lipinski definition) is 1. The zero-order chi connectivity index (χ0) is 14.7. The summed E-state index contributed by atoms with van der Waals surface area (Å²) in [5, 5.41) is 2.74. The quantitative estimate of drug-likeness (QED) is 0.881. The van der Waals surface area contributed by atoms with E-state index in [1.165, 1.54) is 0 Å². The minimum absolute atomic E-state index is 0.155. The van der Waals surface area contributed by atoms with Crippen LogP contribution < -0.4 is 5.32 Å². The van der Waals surface area contributed by atoms with E-state index in [9.17, 15) is 9.59 Å². The number of morpholine rings is 1. The van der Waals surface area contributed by atoms with Gasteiger partial charge in [0.25, 0.3) is 5.91 Å². The molecule has 6 nitrogen and oxygen atoms in total. The molecule has 110 valence electrons. The fraction of sp³-hybridized carbons (Fsp3) is 0.538. The highest BCUT2D eigenvalue weighted by Gasteiger charge is 2.34. The summed E-state index contributed by atoms with van der Waals surface area (Å²) in [6.45, 7) is 3.49. The molecule has 1 N–H and O–H groups in total. The van der Waals surface area contributed by atoms with Crippen molar-refractivity contribution in [3.05, 3.63) is 22.4 Å². The van der Waals surface area contributed by atoms with Gasteiger partial charge in [-0.15, -0.1) is 0 Å². The van der Waals surface area contributed by atoms with E-state index in [0.29, 0.717) is 25.4 Å². The first-order valence-electron chi connectivity index (χ1n) is 6.53. The summed E-state index contributed by atoms with van der Waals surface area (Å²) in [6, 6.07) is 1.19. The van der Waals surface area contributed by atoms with Crippen LogP contribution in [0.1, 0.15) is 17.4 Å². The lowest BCUT2D eigenvalue weighted by molar-refractivity contribution is -0.130. The van der Waals surface area contributed by atoms with Gasteiger partial charge >= 0.3 is 0 Å². The number of ether oxygens (including phenoxy) is 1. The van der Waals surface area contributed by atoms with Gasteiger partial charge in [-0.1, -0.05) is 0 Å². The number of nitrogens with zero attached hydrogens (tertiary/aromatic N) is 2. The molecule has 1 saturated heterocycles. The van der Waals surface area contributed by atoms with Gasteiger partial charge in [0, 0.05) is 30.8 Å². The number of aromatic nitrogens is 1. The van der Waals surface area contributed by atoms with Gasteiger partial charge in [0.15, 0.2) is 0 Å². The van der Waals surface area contributed by atoms with Gasteiger partial charge in [-0.3, -0.25) is 9.59 Å². The third-order valence-corrected chi connectivity index (χ3v) is 3.67. The minimum Gasteiger partial charge on any atom is -0.377 e. The van der Waals surface area contributed by atoms with Crippen LogP contribution in [0.5, 0.6) is 0 Å². The largest absolute Gasteiger partial charge is 0.377 e. The van der Waals surface area contributed by atoms with Crippen LogP contribution in [0.3, 0.4) is 0 Å². The molecule has 1 atom stereocenters. The van der Waals surface area contributed by atoms with Gasteiger partial charge in [0.1, 0.15) is 11.7 Å². The zero-order valence-corrected chi connectivity index (χ0v) is 13.1. The van der Waals surface area contributed by atoms with Gasteiger partial charge in [-0.2, -0.15) is 0 Å². The predicted octanol–water partition coefficient (Wildman–Crippen LogP) is 0.765. The molecule has 2 amide bonds. The standard InChI is InChI=1S/C13H18BrN3O3/c1-3-15-12(18)11-8-20-5-4-17(11)13(19)10-6-9(14)7-16(10)2/h6-7,11H,3-5,8H2,1-2H3,(H,15,18). The second-order valence-electron chi connectivity index (χ2n) is 4.64. The Kier molecular flexibility index (Phi) is 4.82. The molecular weight excluding hydrogens is 326 g/mol. The average molecular weight is 344 g/mol. The van der Waals surface area contributed by atoms with Crippen molar-refractivity contribution in [3.8, 4) is 0 Å². The van der Waals surface area contributed by atoms with Crippen molar-refractivity contribution in [2.75, 3.05) is 26.3 Å². The third kappa shape index (κ3) is 3.04. The van der Waals surface area contributed by atoms with Crippen molar-refractivity contribution in [2.24, 2.45) is 7.05 Å². The molecular formula is C13H18BrN3O3. The first-order valence-corrected chi connectivity index (χ1v) is 7.32. The van der Waals surface area contributed by atoms with E-state index >= 15 is 0 Å². The van der Waals surface area contributed by atoms with Gasteiger partial charge in [-0.05, 0) is 28.9 Å². The van der Waals surface area contributed by atoms with Crippen molar-refractivity contribution in [2.45, 2.75) is 13.0 Å². The molecule has 0 aliphatic carbocycles. The molecule has 7 heteroatoms. The SMILES string of the molecule is CCNC(=O)C1COCCN1C(=O)c1cc(Br)cn1C. The lowest BCUT2D eigenvalue weighted by Crippen LogP contribution is -2.56. The number of likely N-dealkylation sites (N-methyl/N-ethyl adjacent to an activating group) is 1. The number of aryl methyl sites for hydroxylation is 1. The van der Waals surface area contributed by atoms with Crippen molar-refractivity contribution >= 4 is 27.7 Å². The number of hydrogen-bond acceptors (Lipinski definition) is 3. The van der Waals surface area contributed by atoms with E-state index in [4.69, 9.17) is 4.74 Å². The highest BCUT2D eigenvalue weighted by molar-refractivity contribution is 9.10. The van der Waals surface area contributed by atoms with Gasteiger partial charge in [0.2, 0.25) is 5.91 Å². The van der Waals surface area contributed by atoms with Gasteiger partial charge < -0.3 is 19.5 Å². The Bertz CT molecular complexity index is 515. The fourth-order valence-electron chi connectivity index (χ4n) is 2.24. The van der Waals surface area contributed by atoms with Gasteiger partial charge in [0.05, 0.1) is 13.2 Å². The number of nitrogens with one attached hydrogen (secondary N) is 1. The number of amides is 2. The number of carbonyl (C=O) groups is 2. The van der Waals surface area contributed by atoms with Gasteiger partial charge in [-0.25, -0.2) is 0 Å². The second kappa shape index (κ2) is 6.41. The summed E-state index contributed by atoms with van der Waals surface area (Å²) in [4.78, 5) is 26.2. The topological polar surface area (TPSA) is 63.6 Å². The average Bonchev–Trinajstić information content (AvgIpc) is 2.77. The number of carbonyl (C=O) groups excluding carboxylic acids is 2.